The monoisotopic (exact) mass is 283 g/mol. The van der Waals surface area contributed by atoms with Gasteiger partial charge in [0.25, 0.3) is 0 Å². The molecular weight excluding hydrogens is 269 g/mol. The molecule has 2 N–H and O–H groups in total. The van der Waals surface area contributed by atoms with Crippen LogP contribution < -0.4 is 5.73 Å². The zero-order valence-electron chi connectivity index (χ0n) is 11.3. The van der Waals surface area contributed by atoms with E-state index in [0.29, 0.717) is 17.9 Å². The minimum atomic E-state index is -0.300. The van der Waals surface area contributed by atoms with Gasteiger partial charge < -0.3 is 5.73 Å². The molecule has 0 aliphatic heterocycles. The van der Waals surface area contributed by atoms with Crippen molar-refractivity contribution in [2.24, 2.45) is 5.73 Å². The van der Waals surface area contributed by atoms with Crippen LogP contribution in [0.4, 0.5) is 4.39 Å². The lowest BCUT2D eigenvalue weighted by atomic mass is 10.1. The number of nitrogens with zero attached hydrogens (tertiary/aromatic N) is 4. The molecule has 0 saturated heterocycles. The third-order valence-corrected chi connectivity index (χ3v) is 3.14. The van der Waals surface area contributed by atoms with Crippen molar-refractivity contribution >= 4 is 0 Å². The van der Waals surface area contributed by atoms with Gasteiger partial charge in [0.2, 0.25) is 5.82 Å². The van der Waals surface area contributed by atoms with E-state index in [1.807, 2.05) is 30.3 Å². The Bertz CT molecular complexity index is 739. The first-order valence-electron chi connectivity index (χ1n) is 6.57. The molecule has 0 unspecified atom stereocenters. The molecule has 106 valence electrons. The Morgan fingerprint density at radius 3 is 2.67 bits per heavy atom. The van der Waals surface area contributed by atoms with Crippen LogP contribution in [-0.2, 0) is 13.1 Å². The Morgan fingerprint density at radius 1 is 1.10 bits per heavy atom. The van der Waals surface area contributed by atoms with E-state index in [4.69, 9.17) is 5.73 Å². The minimum absolute atomic E-state index is 0.222. The summed E-state index contributed by atoms with van der Waals surface area (Å²) in [5, 5.41) is 12.2. The van der Waals surface area contributed by atoms with Crippen LogP contribution in [0.15, 0.2) is 48.5 Å². The summed E-state index contributed by atoms with van der Waals surface area (Å²) >= 11 is 0. The number of halogens is 1. The highest BCUT2D eigenvalue weighted by Gasteiger charge is 2.09. The molecule has 0 fully saturated rings. The third-order valence-electron chi connectivity index (χ3n) is 3.14. The van der Waals surface area contributed by atoms with Crippen molar-refractivity contribution < 1.29 is 4.39 Å². The fourth-order valence-corrected chi connectivity index (χ4v) is 2.04. The topological polar surface area (TPSA) is 69.6 Å². The van der Waals surface area contributed by atoms with E-state index in [0.717, 1.165) is 11.1 Å². The maximum absolute atomic E-state index is 13.8. The van der Waals surface area contributed by atoms with Gasteiger partial charge in [0.05, 0.1) is 6.54 Å². The van der Waals surface area contributed by atoms with Gasteiger partial charge in [-0.1, -0.05) is 36.4 Å². The van der Waals surface area contributed by atoms with Crippen molar-refractivity contribution in [3.8, 4) is 11.4 Å². The lowest BCUT2D eigenvalue weighted by Crippen LogP contribution is -2.07. The summed E-state index contributed by atoms with van der Waals surface area (Å²) in [4.78, 5) is 1.38. The molecule has 5 nitrogen and oxygen atoms in total. The molecule has 0 radical (unpaired) electrons. The molecule has 0 bridgehead atoms. The summed E-state index contributed by atoms with van der Waals surface area (Å²) in [6.45, 7) is 0.590. The highest BCUT2D eigenvalue weighted by molar-refractivity contribution is 5.52. The zero-order valence-corrected chi connectivity index (χ0v) is 11.3. The van der Waals surface area contributed by atoms with Gasteiger partial charge in [-0.25, -0.2) is 4.39 Å². The molecule has 1 heterocycles. The first-order valence-corrected chi connectivity index (χ1v) is 6.57. The highest BCUT2D eigenvalue weighted by atomic mass is 19.1. The van der Waals surface area contributed by atoms with Crippen molar-refractivity contribution in [3.05, 3.63) is 65.5 Å². The number of rotatable bonds is 4. The number of hydrogen-bond acceptors (Lipinski definition) is 4. The maximum Gasteiger partial charge on any atom is 0.204 e. The summed E-state index contributed by atoms with van der Waals surface area (Å²) < 4.78 is 13.8. The van der Waals surface area contributed by atoms with Gasteiger partial charge >= 0.3 is 0 Å². The number of benzene rings is 2. The zero-order chi connectivity index (χ0) is 14.7. The van der Waals surface area contributed by atoms with Crippen molar-refractivity contribution in [3.63, 3.8) is 0 Å². The summed E-state index contributed by atoms with van der Waals surface area (Å²) in [5.41, 5.74) is 7.81. The second-order valence-corrected chi connectivity index (χ2v) is 4.64. The highest BCUT2D eigenvalue weighted by Crippen LogP contribution is 2.14. The SMILES string of the molecule is NCc1ccc(F)c(Cn2nnc(-c3ccccc3)n2)c1. The molecule has 1 aromatic heterocycles. The third kappa shape index (κ3) is 2.95. The first kappa shape index (κ1) is 13.4. The van der Waals surface area contributed by atoms with Gasteiger partial charge in [-0.05, 0) is 22.9 Å². The fourth-order valence-electron chi connectivity index (χ4n) is 2.04. The van der Waals surface area contributed by atoms with E-state index in [9.17, 15) is 4.39 Å². The summed E-state index contributed by atoms with van der Waals surface area (Å²) in [6.07, 6.45) is 0. The van der Waals surface area contributed by atoms with Crippen molar-refractivity contribution in [2.45, 2.75) is 13.1 Å². The molecule has 0 saturated carbocycles. The Balaban J connectivity index is 1.85. The second-order valence-electron chi connectivity index (χ2n) is 4.64. The molecule has 3 aromatic rings. The smallest absolute Gasteiger partial charge is 0.204 e. The Kier molecular flexibility index (Phi) is 3.70. The fraction of sp³-hybridized carbons (Fsp3) is 0.133. The van der Waals surface area contributed by atoms with Crippen molar-refractivity contribution in [2.75, 3.05) is 0 Å². The van der Waals surface area contributed by atoms with Gasteiger partial charge in [0.1, 0.15) is 5.82 Å². The van der Waals surface area contributed by atoms with Crippen LogP contribution in [0.3, 0.4) is 0 Å². The predicted molar refractivity (Wildman–Crippen MR) is 76.6 cm³/mol. The Hall–Kier alpha value is -2.60. The molecule has 0 aliphatic carbocycles. The van der Waals surface area contributed by atoms with Crippen molar-refractivity contribution in [1.82, 2.24) is 20.2 Å². The lowest BCUT2D eigenvalue weighted by molar-refractivity contribution is 0.538. The van der Waals surface area contributed by atoms with E-state index in [-0.39, 0.29) is 12.4 Å². The van der Waals surface area contributed by atoms with Gasteiger partial charge in [-0.15, -0.1) is 10.2 Å². The number of nitrogens with two attached hydrogens (primary N) is 1. The Morgan fingerprint density at radius 2 is 1.90 bits per heavy atom. The van der Waals surface area contributed by atoms with Crippen LogP contribution in [-0.4, -0.2) is 20.2 Å². The number of tetrazole rings is 1. The van der Waals surface area contributed by atoms with Crippen molar-refractivity contribution in [1.29, 1.82) is 0 Å². The molecule has 21 heavy (non-hydrogen) atoms. The predicted octanol–water partition coefficient (Wildman–Crippen LogP) is 1.99. The summed E-state index contributed by atoms with van der Waals surface area (Å²) in [7, 11) is 0. The van der Waals surface area contributed by atoms with Crippen LogP contribution >= 0.6 is 0 Å². The normalized spacial score (nSPS) is 10.8. The van der Waals surface area contributed by atoms with Gasteiger partial charge in [0.15, 0.2) is 0 Å². The van der Waals surface area contributed by atoms with E-state index in [2.05, 4.69) is 15.4 Å². The summed E-state index contributed by atoms with van der Waals surface area (Å²) in [6, 6.07) is 14.3. The molecule has 0 spiro atoms. The van der Waals surface area contributed by atoms with Gasteiger partial charge in [0, 0.05) is 17.7 Å². The quantitative estimate of drug-likeness (QED) is 0.795. The number of aromatic nitrogens is 4. The van der Waals surface area contributed by atoms with Crippen LogP contribution in [0.25, 0.3) is 11.4 Å². The Labute approximate surface area is 121 Å². The van der Waals surface area contributed by atoms with E-state index < -0.39 is 0 Å². The average Bonchev–Trinajstić information content (AvgIpc) is 2.99. The van der Waals surface area contributed by atoms with Crippen LogP contribution in [0.1, 0.15) is 11.1 Å². The van der Waals surface area contributed by atoms with E-state index in [1.54, 1.807) is 12.1 Å². The lowest BCUT2D eigenvalue weighted by Gasteiger charge is -2.04. The largest absolute Gasteiger partial charge is 0.326 e. The molecule has 2 aromatic carbocycles. The van der Waals surface area contributed by atoms with Crippen LogP contribution in [0.5, 0.6) is 0 Å². The van der Waals surface area contributed by atoms with Crippen LogP contribution in [0, 0.1) is 5.82 Å². The maximum atomic E-state index is 13.8. The molecule has 0 atom stereocenters. The van der Waals surface area contributed by atoms with Gasteiger partial charge in [-0.3, -0.25) is 0 Å². The molecular formula is C15H14FN5. The first-order chi connectivity index (χ1) is 10.3. The average molecular weight is 283 g/mol. The summed E-state index contributed by atoms with van der Waals surface area (Å²) in [5.74, 6) is 0.219. The van der Waals surface area contributed by atoms with E-state index in [1.165, 1.54) is 10.9 Å². The second kappa shape index (κ2) is 5.80. The standard InChI is InChI=1S/C15H14FN5/c16-14-7-6-11(9-17)8-13(14)10-21-19-15(18-20-21)12-4-2-1-3-5-12/h1-8H,9-10,17H2. The molecule has 3 rings (SSSR count). The molecule has 0 aliphatic rings. The molecule has 0 amide bonds. The molecule has 6 heteroatoms. The van der Waals surface area contributed by atoms with Gasteiger partial charge in [-0.2, -0.15) is 4.80 Å². The van der Waals surface area contributed by atoms with E-state index >= 15 is 0 Å². The number of hydrogen-bond donors (Lipinski definition) is 1. The van der Waals surface area contributed by atoms with Crippen LogP contribution in [0.2, 0.25) is 0 Å². The minimum Gasteiger partial charge on any atom is -0.326 e.